The number of piperidine rings is 1. The van der Waals surface area contributed by atoms with Crippen LogP contribution in [0.15, 0.2) is 30.3 Å². The maximum atomic E-state index is 14.2. The molecule has 2 radical (unpaired) electrons. The average Bonchev–Trinajstić information content (AvgIpc) is 3.33. The van der Waals surface area contributed by atoms with Gasteiger partial charge in [-0.25, -0.2) is 4.98 Å². The lowest BCUT2D eigenvalue weighted by molar-refractivity contribution is -0.121. The first kappa shape index (κ1) is 26.8. The van der Waals surface area contributed by atoms with Crippen LogP contribution in [-0.2, 0) is 16.9 Å². The Hall–Kier alpha value is -3.44. The standard InChI is InChI=1S/C29H35BN6O4/c1-34-14-12-31-26(37)11-9-18-8-10-20(29(30,39)40)15-21(18)28(38)35-13-3-2-7-24(35)23-16-25-32-22(19-5-4-6-19)17-27(34)36(25)33-23/h8,10,15-17,19,24,39-40H,2-7,9,11-14H2,1H3,(H,31,37). The fourth-order valence-corrected chi connectivity index (χ4v) is 6.02. The molecule has 2 aliphatic heterocycles. The molecule has 2 amide bonds. The predicted molar refractivity (Wildman–Crippen MR) is 150 cm³/mol. The maximum Gasteiger partial charge on any atom is 0.254 e. The molecule has 208 valence electrons. The van der Waals surface area contributed by atoms with E-state index in [1.807, 2.05) is 22.5 Å². The Labute approximate surface area is 234 Å². The molecule has 1 unspecified atom stereocenters. The van der Waals surface area contributed by atoms with E-state index in [0.717, 1.165) is 55.0 Å². The Morgan fingerprint density at radius 1 is 1.00 bits per heavy atom. The second-order valence-corrected chi connectivity index (χ2v) is 11.4. The van der Waals surface area contributed by atoms with Crippen molar-refractivity contribution in [1.82, 2.24) is 24.8 Å². The number of likely N-dealkylation sites (N-methyl/N-ethyl adjacent to an activating group) is 1. The zero-order chi connectivity index (χ0) is 28.0. The molecule has 40 heavy (non-hydrogen) atoms. The van der Waals surface area contributed by atoms with Crippen LogP contribution in [0.1, 0.15) is 89.8 Å². The summed E-state index contributed by atoms with van der Waals surface area (Å²) in [5.74, 6) is 0.993. The van der Waals surface area contributed by atoms with E-state index in [9.17, 15) is 19.8 Å². The Kier molecular flexibility index (Phi) is 7.04. The van der Waals surface area contributed by atoms with Crippen LogP contribution in [0.3, 0.4) is 0 Å². The Morgan fingerprint density at radius 2 is 1.82 bits per heavy atom. The lowest BCUT2D eigenvalue weighted by atomic mass is 9.83. The predicted octanol–water partition coefficient (Wildman–Crippen LogP) is 2.13. The van der Waals surface area contributed by atoms with Crippen LogP contribution in [0.5, 0.6) is 0 Å². The van der Waals surface area contributed by atoms with Crippen molar-refractivity contribution in [2.24, 2.45) is 0 Å². The number of aliphatic hydroxyl groups is 2. The van der Waals surface area contributed by atoms with E-state index in [1.165, 1.54) is 18.6 Å². The summed E-state index contributed by atoms with van der Waals surface area (Å²) in [5.41, 5.74) is 1.00. The highest BCUT2D eigenvalue weighted by Crippen LogP contribution is 2.38. The van der Waals surface area contributed by atoms with E-state index >= 15 is 0 Å². The quantitative estimate of drug-likeness (QED) is 0.335. The molecule has 1 saturated carbocycles. The summed E-state index contributed by atoms with van der Waals surface area (Å²) in [5, 5.41) is 28.1. The first-order valence-electron chi connectivity index (χ1n) is 14.3. The molecule has 2 bridgehead atoms. The lowest BCUT2D eigenvalue weighted by Crippen LogP contribution is -2.39. The van der Waals surface area contributed by atoms with Gasteiger partial charge in [-0.2, -0.15) is 9.61 Å². The second kappa shape index (κ2) is 10.5. The number of anilines is 1. The third-order valence-corrected chi connectivity index (χ3v) is 8.62. The number of hydrogen-bond donors (Lipinski definition) is 3. The van der Waals surface area contributed by atoms with Gasteiger partial charge in [-0.3, -0.25) is 9.59 Å². The fourth-order valence-electron chi connectivity index (χ4n) is 6.02. The smallest absolute Gasteiger partial charge is 0.254 e. The van der Waals surface area contributed by atoms with Gasteiger partial charge in [0.15, 0.2) is 13.5 Å². The van der Waals surface area contributed by atoms with Crippen LogP contribution in [0.2, 0.25) is 0 Å². The molecule has 3 aromatic rings. The van der Waals surface area contributed by atoms with Crippen LogP contribution in [0, 0.1) is 0 Å². The van der Waals surface area contributed by atoms with Crippen LogP contribution >= 0.6 is 0 Å². The van der Waals surface area contributed by atoms with E-state index in [4.69, 9.17) is 17.9 Å². The molecule has 3 N–H and O–H groups in total. The van der Waals surface area contributed by atoms with Gasteiger partial charge in [0.2, 0.25) is 5.91 Å². The summed E-state index contributed by atoms with van der Waals surface area (Å²) in [6.45, 7) is 1.60. The molecular weight excluding hydrogens is 507 g/mol. The highest BCUT2D eigenvalue weighted by Gasteiger charge is 2.33. The van der Waals surface area contributed by atoms with Gasteiger partial charge in [0.1, 0.15) is 11.5 Å². The zero-order valence-corrected chi connectivity index (χ0v) is 22.8. The van der Waals surface area contributed by atoms with Gasteiger partial charge in [0, 0.05) is 68.0 Å². The van der Waals surface area contributed by atoms with E-state index < -0.39 is 5.69 Å². The summed E-state index contributed by atoms with van der Waals surface area (Å²) < 4.78 is 1.86. The number of aromatic nitrogens is 3. The number of nitrogens with zero attached hydrogens (tertiary/aromatic N) is 5. The Morgan fingerprint density at radius 3 is 2.58 bits per heavy atom. The maximum absolute atomic E-state index is 14.2. The average molecular weight is 542 g/mol. The topological polar surface area (TPSA) is 123 Å². The van der Waals surface area contributed by atoms with Gasteiger partial charge in [0.25, 0.3) is 5.91 Å². The molecule has 1 aliphatic carbocycles. The minimum Gasteiger partial charge on any atom is -0.371 e. The van der Waals surface area contributed by atoms with Crippen molar-refractivity contribution >= 4 is 31.1 Å². The van der Waals surface area contributed by atoms with E-state index in [-0.39, 0.29) is 29.8 Å². The van der Waals surface area contributed by atoms with Crippen molar-refractivity contribution in [3.05, 3.63) is 58.4 Å². The molecule has 2 fully saturated rings. The third-order valence-electron chi connectivity index (χ3n) is 8.62. The second-order valence-electron chi connectivity index (χ2n) is 11.4. The van der Waals surface area contributed by atoms with E-state index in [2.05, 4.69) is 16.3 Å². The van der Waals surface area contributed by atoms with Crippen LogP contribution in [-0.4, -0.2) is 76.1 Å². The van der Waals surface area contributed by atoms with Gasteiger partial charge in [0.05, 0.1) is 11.7 Å². The van der Waals surface area contributed by atoms with Crippen LogP contribution in [0.25, 0.3) is 5.65 Å². The zero-order valence-electron chi connectivity index (χ0n) is 22.8. The summed E-state index contributed by atoms with van der Waals surface area (Å²) in [4.78, 5) is 35.8. The number of carbonyl (C=O) groups is 2. The van der Waals surface area contributed by atoms with Crippen molar-refractivity contribution in [1.29, 1.82) is 0 Å². The van der Waals surface area contributed by atoms with Crippen molar-refractivity contribution < 1.29 is 19.8 Å². The van der Waals surface area contributed by atoms with Gasteiger partial charge in [-0.05, 0) is 50.2 Å². The molecule has 10 nitrogen and oxygen atoms in total. The van der Waals surface area contributed by atoms with Gasteiger partial charge in [-0.1, -0.05) is 18.6 Å². The van der Waals surface area contributed by atoms with Gasteiger partial charge in [-0.15, -0.1) is 0 Å². The summed E-state index contributed by atoms with van der Waals surface area (Å²) in [6, 6.07) is 8.44. The van der Waals surface area contributed by atoms with E-state index in [0.29, 0.717) is 43.1 Å². The molecule has 2 aromatic heterocycles. The Balaban J connectivity index is 1.47. The molecule has 1 atom stereocenters. The van der Waals surface area contributed by atoms with E-state index in [1.54, 1.807) is 6.07 Å². The highest BCUT2D eigenvalue weighted by atomic mass is 16.5. The number of aryl methyl sites for hydroxylation is 1. The van der Waals surface area contributed by atoms with Gasteiger partial charge < -0.3 is 25.3 Å². The molecule has 3 aliphatic rings. The van der Waals surface area contributed by atoms with Crippen molar-refractivity contribution in [3.8, 4) is 0 Å². The summed E-state index contributed by atoms with van der Waals surface area (Å²) in [6.07, 6.45) is 6.56. The number of hydrogen-bond acceptors (Lipinski definition) is 7. The minimum atomic E-state index is -2.59. The van der Waals surface area contributed by atoms with Crippen molar-refractivity contribution in [3.63, 3.8) is 0 Å². The Bertz CT molecular complexity index is 1450. The van der Waals surface area contributed by atoms with Crippen LogP contribution < -0.4 is 10.2 Å². The monoisotopic (exact) mass is 542 g/mol. The number of amides is 2. The number of nitrogens with one attached hydrogen (secondary N) is 1. The van der Waals surface area contributed by atoms with Crippen LogP contribution in [0.4, 0.5) is 5.82 Å². The fraction of sp³-hybridized carbons (Fsp3) is 0.517. The molecule has 11 heteroatoms. The highest BCUT2D eigenvalue weighted by molar-refractivity contribution is 6.13. The first-order valence-corrected chi connectivity index (χ1v) is 14.3. The normalized spacial score (nSPS) is 21.2. The largest absolute Gasteiger partial charge is 0.371 e. The minimum absolute atomic E-state index is 0.0140. The molecule has 1 aromatic carbocycles. The number of carbonyl (C=O) groups excluding carboxylic acids is 2. The SMILES string of the molecule is [B]C(O)(O)c1ccc2c(c1)C(=O)N1CCCCC1c1cc3nc(C4CCC4)cc(n3n1)N(C)CCNC(=O)CC2. The lowest BCUT2D eigenvalue weighted by Gasteiger charge is -2.35. The first-order chi connectivity index (χ1) is 19.2. The van der Waals surface area contributed by atoms with Crippen molar-refractivity contribution in [2.75, 3.05) is 31.6 Å². The molecule has 6 rings (SSSR count). The molecule has 0 spiro atoms. The summed E-state index contributed by atoms with van der Waals surface area (Å²) in [7, 11) is 7.56. The molecule has 4 heterocycles. The van der Waals surface area contributed by atoms with Gasteiger partial charge >= 0.3 is 0 Å². The third kappa shape index (κ3) is 5.08. The molecular formula is C29H35BN6O4. The summed E-state index contributed by atoms with van der Waals surface area (Å²) >= 11 is 0. The van der Waals surface area contributed by atoms with Crippen molar-refractivity contribution in [2.45, 2.75) is 69.0 Å². The molecule has 1 saturated heterocycles. The number of benzene rings is 1. The number of fused-ring (bicyclic) bond motifs is 4. The number of rotatable bonds is 2.